The van der Waals surface area contributed by atoms with Crippen molar-refractivity contribution in [3.05, 3.63) is 23.3 Å². The van der Waals surface area contributed by atoms with Gasteiger partial charge in [-0.1, -0.05) is 25.5 Å². The summed E-state index contributed by atoms with van der Waals surface area (Å²) in [7, 11) is 1.91. The summed E-state index contributed by atoms with van der Waals surface area (Å²) in [5, 5.41) is 24.6. The van der Waals surface area contributed by atoms with E-state index in [0.29, 0.717) is 17.9 Å². The first kappa shape index (κ1) is 16.5. The van der Waals surface area contributed by atoms with Gasteiger partial charge < -0.3 is 20.3 Å². The van der Waals surface area contributed by atoms with E-state index >= 15 is 0 Å². The first-order valence-corrected chi connectivity index (χ1v) is 10.1. The number of rotatable bonds is 2. The molecule has 0 amide bonds. The van der Waals surface area contributed by atoms with Crippen LogP contribution in [-0.2, 0) is 4.74 Å². The largest absolute Gasteiger partial charge is 0.390 e. The zero-order valence-electron chi connectivity index (χ0n) is 15.4. The van der Waals surface area contributed by atoms with Crippen molar-refractivity contribution in [2.45, 2.75) is 75.3 Å². The van der Waals surface area contributed by atoms with E-state index in [0.717, 1.165) is 31.3 Å². The second-order valence-corrected chi connectivity index (χ2v) is 9.51. The lowest BCUT2D eigenvalue weighted by atomic mass is 9.61. The van der Waals surface area contributed by atoms with E-state index in [1.807, 2.05) is 7.05 Å². The van der Waals surface area contributed by atoms with E-state index in [-0.39, 0.29) is 17.1 Å². The molecule has 2 spiro atoms. The third-order valence-electron chi connectivity index (χ3n) is 8.22. The van der Waals surface area contributed by atoms with Crippen LogP contribution in [0.15, 0.2) is 23.3 Å². The van der Waals surface area contributed by atoms with Crippen LogP contribution in [0.4, 0.5) is 0 Å². The maximum absolute atomic E-state index is 10.9. The Balaban J connectivity index is 1.60. The van der Waals surface area contributed by atoms with Gasteiger partial charge in [0.2, 0.25) is 0 Å². The normalized spacial score (nSPS) is 53.6. The lowest BCUT2D eigenvalue weighted by Crippen LogP contribution is -2.58. The minimum absolute atomic E-state index is 0.0383. The molecule has 2 bridgehead atoms. The van der Waals surface area contributed by atoms with E-state index in [4.69, 9.17) is 4.74 Å². The smallest absolute Gasteiger partial charge is 0.104 e. The molecule has 4 heteroatoms. The lowest BCUT2D eigenvalue weighted by Gasteiger charge is -2.54. The summed E-state index contributed by atoms with van der Waals surface area (Å²) in [4.78, 5) is 0. The highest BCUT2D eigenvalue weighted by Crippen LogP contribution is 2.66. The number of hydrogen-bond donors (Lipinski definition) is 3. The number of aliphatic hydroxyl groups is 2. The van der Waals surface area contributed by atoms with Gasteiger partial charge in [0.15, 0.2) is 0 Å². The van der Waals surface area contributed by atoms with Crippen molar-refractivity contribution in [3.8, 4) is 0 Å². The predicted octanol–water partition coefficient (Wildman–Crippen LogP) is 2.31. The third-order valence-corrected chi connectivity index (χ3v) is 8.22. The highest BCUT2D eigenvalue weighted by Gasteiger charge is 2.66. The van der Waals surface area contributed by atoms with Gasteiger partial charge in [0, 0.05) is 12.5 Å². The Kier molecular flexibility index (Phi) is 3.42. The van der Waals surface area contributed by atoms with Crippen LogP contribution < -0.4 is 5.32 Å². The van der Waals surface area contributed by atoms with Crippen molar-refractivity contribution in [1.29, 1.82) is 0 Å². The molecule has 2 heterocycles. The fraction of sp³-hybridized carbons (Fsp3) is 0.810. The molecule has 138 valence electrons. The van der Waals surface area contributed by atoms with Crippen molar-refractivity contribution in [2.24, 2.45) is 17.3 Å². The summed E-state index contributed by atoms with van der Waals surface area (Å²) in [6.07, 6.45) is 10.9. The highest BCUT2D eigenvalue weighted by molar-refractivity contribution is 5.48. The second-order valence-electron chi connectivity index (χ2n) is 9.51. The van der Waals surface area contributed by atoms with E-state index in [9.17, 15) is 10.2 Å². The first-order valence-electron chi connectivity index (χ1n) is 10.1. The molecule has 5 aliphatic rings. The van der Waals surface area contributed by atoms with Gasteiger partial charge in [-0.2, -0.15) is 0 Å². The first-order chi connectivity index (χ1) is 11.9. The van der Waals surface area contributed by atoms with Crippen LogP contribution in [0.5, 0.6) is 0 Å². The fourth-order valence-electron chi connectivity index (χ4n) is 7.02. The van der Waals surface area contributed by atoms with E-state index < -0.39 is 12.2 Å². The molecule has 0 unspecified atom stereocenters. The van der Waals surface area contributed by atoms with Gasteiger partial charge >= 0.3 is 0 Å². The maximum atomic E-state index is 10.9. The Hall–Kier alpha value is -0.680. The molecule has 3 fully saturated rings. The molecule has 25 heavy (non-hydrogen) atoms. The Morgan fingerprint density at radius 1 is 1.28 bits per heavy atom. The van der Waals surface area contributed by atoms with Crippen LogP contribution in [0.3, 0.4) is 0 Å². The molecule has 0 aromatic rings. The van der Waals surface area contributed by atoms with Gasteiger partial charge in [-0.05, 0) is 68.1 Å². The standard InChI is InChI=1S/C21H31NO3/c1-19-6-3-4-16(19)21-9-8-20(25-21)11-13(12-22-2)17(23)18(24)15(20)10-14(21)5-7-19/h5,10,13,16-18,22-24H,3-4,6-9,11-12H2,1-2H3/t13-,16-,17-,18-,19+,20-,21-/m1/s1. The molecular formula is C21H31NO3. The number of nitrogens with one attached hydrogen (secondary N) is 1. The van der Waals surface area contributed by atoms with Crippen molar-refractivity contribution in [3.63, 3.8) is 0 Å². The summed E-state index contributed by atoms with van der Waals surface area (Å²) in [6, 6.07) is 0. The molecule has 4 nitrogen and oxygen atoms in total. The quantitative estimate of drug-likeness (QED) is 0.719. The number of aliphatic hydroxyl groups excluding tert-OH is 2. The number of allylic oxidation sites excluding steroid dienone is 1. The van der Waals surface area contributed by atoms with Crippen molar-refractivity contribution in [1.82, 2.24) is 5.32 Å². The number of hydrogen-bond acceptors (Lipinski definition) is 4. The van der Waals surface area contributed by atoms with E-state index in [1.165, 1.54) is 24.8 Å². The fourth-order valence-corrected chi connectivity index (χ4v) is 7.02. The topological polar surface area (TPSA) is 61.7 Å². The van der Waals surface area contributed by atoms with E-state index in [1.54, 1.807) is 0 Å². The van der Waals surface area contributed by atoms with Crippen LogP contribution in [0.2, 0.25) is 0 Å². The predicted molar refractivity (Wildman–Crippen MR) is 96.1 cm³/mol. The Morgan fingerprint density at radius 2 is 2.12 bits per heavy atom. The van der Waals surface area contributed by atoms with Gasteiger partial charge in [0.1, 0.15) is 6.10 Å². The lowest BCUT2D eigenvalue weighted by molar-refractivity contribution is -0.162. The van der Waals surface area contributed by atoms with Crippen molar-refractivity contribution < 1.29 is 14.9 Å². The Bertz CT molecular complexity index is 658. The number of ether oxygens (including phenoxy) is 1. The van der Waals surface area contributed by atoms with Gasteiger partial charge in [-0.15, -0.1) is 0 Å². The second kappa shape index (κ2) is 5.19. The van der Waals surface area contributed by atoms with Gasteiger partial charge in [-0.25, -0.2) is 0 Å². The molecule has 0 aromatic carbocycles. The third kappa shape index (κ3) is 1.97. The van der Waals surface area contributed by atoms with Crippen LogP contribution in [0.25, 0.3) is 0 Å². The SMILES string of the molecule is CNC[C@H]1C[C@@]23CC[C@@]4(O2)C(=CC[C@]2(C)CCC[C@H]24)C=C3[C@@H](O)[C@@H]1O. The average molecular weight is 345 g/mol. The van der Waals surface area contributed by atoms with Crippen LogP contribution in [0.1, 0.15) is 51.9 Å². The van der Waals surface area contributed by atoms with Gasteiger partial charge in [-0.3, -0.25) is 0 Å². The molecule has 1 saturated heterocycles. The molecule has 2 saturated carbocycles. The molecule has 3 aliphatic carbocycles. The summed E-state index contributed by atoms with van der Waals surface area (Å²) in [5.41, 5.74) is 2.10. The summed E-state index contributed by atoms with van der Waals surface area (Å²) < 4.78 is 7.02. The molecule has 2 aliphatic heterocycles. The number of fused-ring (bicyclic) bond motifs is 1. The van der Waals surface area contributed by atoms with Gasteiger partial charge in [0.25, 0.3) is 0 Å². The minimum atomic E-state index is -0.805. The molecule has 5 rings (SSSR count). The van der Waals surface area contributed by atoms with Crippen LogP contribution in [-0.4, -0.2) is 47.2 Å². The summed E-state index contributed by atoms with van der Waals surface area (Å²) in [6.45, 7) is 3.16. The van der Waals surface area contributed by atoms with Crippen molar-refractivity contribution >= 4 is 0 Å². The zero-order chi connectivity index (χ0) is 17.4. The molecule has 3 N–H and O–H groups in total. The molecule has 0 aromatic heterocycles. The summed E-state index contributed by atoms with van der Waals surface area (Å²) >= 11 is 0. The maximum Gasteiger partial charge on any atom is 0.104 e. The Morgan fingerprint density at radius 3 is 2.92 bits per heavy atom. The minimum Gasteiger partial charge on any atom is -0.390 e. The molecule has 0 radical (unpaired) electrons. The monoisotopic (exact) mass is 345 g/mol. The average Bonchev–Trinajstić information content (AvgIpc) is 3.13. The van der Waals surface area contributed by atoms with Gasteiger partial charge in [0.05, 0.1) is 17.3 Å². The summed E-state index contributed by atoms with van der Waals surface area (Å²) in [5.74, 6) is 0.639. The highest BCUT2D eigenvalue weighted by atomic mass is 16.5. The van der Waals surface area contributed by atoms with Crippen LogP contribution in [0, 0.1) is 17.3 Å². The molecule has 7 atom stereocenters. The molecular weight excluding hydrogens is 314 g/mol. The van der Waals surface area contributed by atoms with Crippen LogP contribution >= 0.6 is 0 Å². The Labute approximate surface area is 150 Å². The van der Waals surface area contributed by atoms with Crippen molar-refractivity contribution in [2.75, 3.05) is 13.6 Å². The zero-order valence-corrected chi connectivity index (χ0v) is 15.4. The van der Waals surface area contributed by atoms with E-state index in [2.05, 4.69) is 24.4 Å².